The Labute approximate surface area is 173 Å². The molecule has 1 heterocycles. The van der Waals surface area contributed by atoms with Crippen LogP contribution in [0.15, 0.2) is 59.8 Å². The van der Waals surface area contributed by atoms with Crippen LogP contribution in [-0.2, 0) is 22.7 Å². The van der Waals surface area contributed by atoms with E-state index in [9.17, 15) is 26.4 Å². The minimum Gasteiger partial charge on any atom is -0.478 e. The first-order valence-corrected chi connectivity index (χ1v) is 10.1. The summed E-state index contributed by atoms with van der Waals surface area (Å²) >= 11 is 5.74. The third-order valence-corrected chi connectivity index (χ3v) is 5.65. The molecule has 0 bridgehead atoms. The first-order valence-electron chi connectivity index (χ1n) is 8.20. The van der Waals surface area contributed by atoms with E-state index in [4.69, 9.17) is 16.7 Å². The summed E-state index contributed by atoms with van der Waals surface area (Å²) in [6.45, 7) is -0.163. The molecule has 0 fully saturated rings. The number of sulfonamides is 1. The number of benzene rings is 2. The van der Waals surface area contributed by atoms with Crippen molar-refractivity contribution in [2.75, 3.05) is 4.72 Å². The molecular weight excluding hydrogens is 447 g/mol. The molecule has 0 spiro atoms. The van der Waals surface area contributed by atoms with Crippen molar-refractivity contribution in [3.05, 3.63) is 76.6 Å². The highest BCUT2D eigenvalue weighted by molar-refractivity contribution is 7.92. The number of halogens is 4. The summed E-state index contributed by atoms with van der Waals surface area (Å²) in [4.78, 5) is 10.8. The van der Waals surface area contributed by atoms with Gasteiger partial charge in [0, 0.05) is 11.2 Å². The zero-order valence-electron chi connectivity index (χ0n) is 14.9. The van der Waals surface area contributed by atoms with E-state index in [1.165, 1.54) is 35.1 Å². The molecule has 0 atom stereocenters. The molecule has 0 unspecified atom stereocenters. The smallest absolute Gasteiger partial charge is 0.416 e. The van der Waals surface area contributed by atoms with Crippen molar-refractivity contribution in [3.8, 4) is 0 Å². The minimum absolute atomic E-state index is 0.120. The maximum atomic E-state index is 13.1. The summed E-state index contributed by atoms with van der Waals surface area (Å²) in [5.74, 6) is -1.22. The van der Waals surface area contributed by atoms with E-state index in [2.05, 4.69) is 9.82 Å². The number of nitrogens with one attached hydrogen (secondary N) is 1. The lowest BCUT2D eigenvalue weighted by atomic mass is 10.1. The maximum absolute atomic E-state index is 13.1. The second kappa shape index (κ2) is 8.00. The molecule has 7 nitrogen and oxygen atoms in total. The third-order valence-electron chi connectivity index (χ3n) is 4.02. The van der Waals surface area contributed by atoms with E-state index >= 15 is 0 Å². The third kappa shape index (κ3) is 4.92. The molecule has 0 saturated carbocycles. The molecular formula is C18H13ClF3N3O4S. The van der Waals surface area contributed by atoms with Crippen LogP contribution in [0.2, 0.25) is 5.02 Å². The Morgan fingerprint density at radius 3 is 2.40 bits per heavy atom. The summed E-state index contributed by atoms with van der Waals surface area (Å²) in [5, 5.41) is 13.1. The van der Waals surface area contributed by atoms with Crippen molar-refractivity contribution in [1.82, 2.24) is 9.78 Å². The Bertz CT molecular complexity index is 1190. The Morgan fingerprint density at radius 2 is 1.83 bits per heavy atom. The summed E-state index contributed by atoms with van der Waals surface area (Å²) in [7, 11) is -4.22. The number of anilines is 1. The average Bonchev–Trinajstić information content (AvgIpc) is 3.11. The van der Waals surface area contributed by atoms with Gasteiger partial charge in [-0.15, -0.1) is 0 Å². The van der Waals surface area contributed by atoms with Gasteiger partial charge in [-0.2, -0.15) is 18.3 Å². The highest BCUT2D eigenvalue weighted by Gasteiger charge is 2.31. The number of carbonyl (C=O) groups is 1. The highest BCUT2D eigenvalue weighted by Crippen LogP contribution is 2.33. The van der Waals surface area contributed by atoms with Crippen LogP contribution in [0.4, 0.5) is 18.9 Å². The molecule has 1 aromatic heterocycles. The van der Waals surface area contributed by atoms with Gasteiger partial charge in [0.05, 0.1) is 34.5 Å². The second-order valence-corrected chi connectivity index (χ2v) is 8.28. The predicted molar refractivity (Wildman–Crippen MR) is 102 cm³/mol. The van der Waals surface area contributed by atoms with Crippen LogP contribution in [0, 0.1) is 0 Å². The van der Waals surface area contributed by atoms with E-state index < -0.39 is 27.7 Å². The standard InChI is InChI=1S/C18H13ClF3N3O4S/c19-14-3-5-15(6-4-14)30(28,29)24-16-7-13(18(20,21)22)2-1-11(16)9-25-10-12(8-23-25)17(26)27/h1-8,10,24H,9H2,(H,26,27). The SMILES string of the molecule is O=C(O)c1cnn(Cc2ccc(C(F)(F)F)cc2NS(=O)(=O)c2ccc(Cl)cc2)c1. The summed E-state index contributed by atoms with van der Waals surface area (Å²) in [6, 6.07) is 7.67. The van der Waals surface area contributed by atoms with Gasteiger partial charge < -0.3 is 5.11 Å². The van der Waals surface area contributed by atoms with E-state index in [0.717, 1.165) is 18.3 Å². The number of aromatic nitrogens is 2. The number of hydrogen-bond acceptors (Lipinski definition) is 4. The first kappa shape index (κ1) is 21.7. The normalized spacial score (nSPS) is 12.0. The van der Waals surface area contributed by atoms with Crippen molar-refractivity contribution < 1.29 is 31.5 Å². The highest BCUT2D eigenvalue weighted by atomic mass is 35.5. The molecule has 30 heavy (non-hydrogen) atoms. The van der Waals surface area contributed by atoms with Crippen molar-refractivity contribution in [2.45, 2.75) is 17.6 Å². The number of aromatic carboxylic acids is 1. The van der Waals surface area contributed by atoms with Gasteiger partial charge in [-0.1, -0.05) is 17.7 Å². The van der Waals surface area contributed by atoms with Gasteiger partial charge in [-0.05, 0) is 42.0 Å². The number of carboxylic acid groups (broad SMARTS) is 1. The monoisotopic (exact) mass is 459 g/mol. The van der Waals surface area contributed by atoms with E-state index in [0.29, 0.717) is 11.1 Å². The van der Waals surface area contributed by atoms with Gasteiger partial charge in [0.1, 0.15) is 0 Å². The van der Waals surface area contributed by atoms with Crippen LogP contribution in [0.5, 0.6) is 0 Å². The largest absolute Gasteiger partial charge is 0.478 e. The zero-order valence-corrected chi connectivity index (χ0v) is 16.5. The number of carboxylic acids is 1. The van der Waals surface area contributed by atoms with Gasteiger partial charge in [-0.3, -0.25) is 9.40 Å². The van der Waals surface area contributed by atoms with Crippen LogP contribution in [0.1, 0.15) is 21.5 Å². The lowest BCUT2D eigenvalue weighted by Crippen LogP contribution is -2.16. The summed E-state index contributed by atoms with van der Waals surface area (Å²) < 4.78 is 68.0. The number of hydrogen-bond donors (Lipinski definition) is 2. The summed E-state index contributed by atoms with van der Waals surface area (Å²) in [6.07, 6.45) is -2.44. The van der Waals surface area contributed by atoms with Crippen LogP contribution >= 0.6 is 11.6 Å². The number of nitrogens with zero attached hydrogens (tertiary/aromatic N) is 2. The van der Waals surface area contributed by atoms with E-state index in [-0.39, 0.29) is 28.3 Å². The zero-order chi connectivity index (χ0) is 22.1. The Morgan fingerprint density at radius 1 is 1.17 bits per heavy atom. The molecule has 2 N–H and O–H groups in total. The van der Waals surface area contributed by atoms with E-state index in [1.54, 1.807) is 0 Å². The van der Waals surface area contributed by atoms with Crippen molar-refractivity contribution in [1.29, 1.82) is 0 Å². The molecule has 3 aromatic rings. The molecule has 3 rings (SSSR count). The molecule has 158 valence electrons. The molecule has 2 aromatic carbocycles. The fraction of sp³-hybridized carbons (Fsp3) is 0.111. The van der Waals surface area contributed by atoms with E-state index in [1.807, 2.05) is 0 Å². The Hall–Kier alpha value is -3.05. The van der Waals surface area contributed by atoms with Gasteiger partial charge in [0.25, 0.3) is 10.0 Å². The minimum atomic E-state index is -4.69. The van der Waals surface area contributed by atoms with Crippen molar-refractivity contribution in [2.24, 2.45) is 0 Å². The molecule has 12 heteroatoms. The fourth-order valence-electron chi connectivity index (χ4n) is 2.54. The van der Waals surface area contributed by atoms with Crippen molar-refractivity contribution >= 4 is 33.3 Å². The topological polar surface area (TPSA) is 101 Å². The second-order valence-electron chi connectivity index (χ2n) is 6.16. The van der Waals surface area contributed by atoms with Gasteiger partial charge in [0.2, 0.25) is 0 Å². The lowest BCUT2D eigenvalue weighted by molar-refractivity contribution is -0.137. The lowest BCUT2D eigenvalue weighted by Gasteiger charge is -2.16. The van der Waals surface area contributed by atoms with Crippen LogP contribution in [-0.4, -0.2) is 29.3 Å². The molecule has 0 aliphatic rings. The molecule has 0 saturated heterocycles. The molecule has 0 radical (unpaired) electrons. The van der Waals surface area contributed by atoms with Gasteiger partial charge in [-0.25, -0.2) is 13.2 Å². The van der Waals surface area contributed by atoms with Gasteiger partial charge >= 0.3 is 12.1 Å². The van der Waals surface area contributed by atoms with Crippen LogP contribution in [0.3, 0.4) is 0 Å². The number of alkyl halides is 3. The number of rotatable bonds is 6. The predicted octanol–water partition coefficient (Wildman–Crippen LogP) is 4.10. The Balaban J connectivity index is 2.00. The Kier molecular flexibility index (Phi) is 5.77. The van der Waals surface area contributed by atoms with Crippen LogP contribution in [0.25, 0.3) is 0 Å². The molecule has 0 amide bonds. The quantitative estimate of drug-likeness (QED) is 0.578. The maximum Gasteiger partial charge on any atom is 0.416 e. The van der Waals surface area contributed by atoms with Gasteiger partial charge in [0.15, 0.2) is 0 Å². The van der Waals surface area contributed by atoms with Crippen molar-refractivity contribution in [3.63, 3.8) is 0 Å². The van der Waals surface area contributed by atoms with Crippen LogP contribution < -0.4 is 4.72 Å². The average molecular weight is 460 g/mol. The fourth-order valence-corrected chi connectivity index (χ4v) is 3.76. The molecule has 0 aliphatic carbocycles. The first-order chi connectivity index (χ1) is 14.0. The summed E-state index contributed by atoms with van der Waals surface area (Å²) in [5.41, 5.74) is -1.33. The molecule has 0 aliphatic heterocycles.